The lowest BCUT2D eigenvalue weighted by Gasteiger charge is -2.46. The van der Waals surface area contributed by atoms with Crippen molar-refractivity contribution in [1.82, 2.24) is 14.8 Å². The van der Waals surface area contributed by atoms with E-state index in [2.05, 4.69) is 10.2 Å². The van der Waals surface area contributed by atoms with Crippen molar-refractivity contribution in [2.45, 2.75) is 24.2 Å². The second-order valence-corrected chi connectivity index (χ2v) is 5.18. The van der Waals surface area contributed by atoms with Crippen molar-refractivity contribution >= 4 is 5.69 Å². The third kappa shape index (κ3) is 1.78. The van der Waals surface area contributed by atoms with E-state index >= 15 is 0 Å². The Morgan fingerprint density at radius 1 is 1.32 bits per heavy atom. The van der Waals surface area contributed by atoms with Gasteiger partial charge in [0.25, 0.3) is 5.92 Å². The van der Waals surface area contributed by atoms with Crippen LogP contribution in [0.25, 0.3) is 0 Å². The normalized spacial score (nSPS) is 19.9. The van der Waals surface area contributed by atoms with E-state index in [9.17, 15) is 8.78 Å². The van der Waals surface area contributed by atoms with Crippen LogP contribution in [-0.4, -0.2) is 20.7 Å². The fourth-order valence-corrected chi connectivity index (χ4v) is 2.88. The summed E-state index contributed by atoms with van der Waals surface area (Å²) in [4.78, 5) is 0. The standard InChI is InChI=1S/C13H14F2N4/c1-19-8-17-18-11(19)12(6-13(14,15)7-12)9-3-2-4-10(16)5-9/h2-5,8H,6-7,16H2,1H3. The SMILES string of the molecule is Cn1cnnc1C1(c2cccc(N)c2)CC(F)(F)C1. The quantitative estimate of drug-likeness (QED) is 0.845. The summed E-state index contributed by atoms with van der Waals surface area (Å²) in [5, 5.41) is 7.82. The smallest absolute Gasteiger partial charge is 0.250 e. The van der Waals surface area contributed by atoms with Gasteiger partial charge in [-0.25, -0.2) is 8.78 Å². The largest absolute Gasteiger partial charge is 0.399 e. The minimum Gasteiger partial charge on any atom is -0.399 e. The minimum atomic E-state index is -2.66. The molecule has 2 N–H and O–H groups in total. The summed E-state index contributed by atoms with van der Waals surface area (Å²) in [6, 6.07) is 7.08. The maximum atomic E-state index is 13.5. The van der Waals surface area contributed by atoms with Crippen molar-refractivity contribution in [2.24, 2.45) is 7.05 Å². The zero-order chi connectivity index (χ0) is 13.7. The Hall–Kier alpha value is -1.98. The number of anilines is 1. The zero-order valence-corrected chi connectivity index (χ0v) is 10.5. The van der Waals surface area contributed by atoms with Gasteiger partial charge in [0.15, 0.2) is 0 Å². The molecule has 1 aliphatic rings. The predicted octanol–water partition coefficient (Wildman–Crippen LogP) is 2.11. The number of rotatable bonds is 2. The Labute approximate surface area is 109 Å². The van der Waals surface area contributed by atoms with Crippen LogP contribution in [0.4, 0.5) is 14.5 Å². The van der Waals surface area contributed by atoms with Gasteiger partial charge >= 0.3 is 0 Å². The van der Waals surface area contributed by atoms with Crippen LogP contribution in [0.3, 0.4) is 0 Å². The van der Waals surface area contributed by atoms with Gasteiger partial charge in [-0.1, -0.05) is 12.1 Å². The van der Waals surface area contributed by atoms with Crippen molar-refractivity contribution in [3.05, 3.63) is 42.0 Å². The summed E-state index contributed by atoms with van der Waals surface area (Å²) in [5.41, 5.74) is 6.31. The van der Waals surface area contributed by atoms with Gasteiger partial charge in [0.05, 0.1) is 5.41 Å². The lowest BCUT2D eigenvalue weighted by atomic mass is 9.61. The molecule has 0 amide bonds. The first-order valence-corrected chi connectivity index (χ1v) is 6.01. The predicted molar refractivity (Wildman–Crippen MR) is 66.8 cm³/mol. The van der Waals surface area contributed by atoms with Gasteiger partial charge in [0, 0.05) is 25.6 Å². The highest BCUT2D eigenvalue weighted by molar-refractivity contribution is 5.47. The fourth-order valence-electron chi connectivity index (χ4n) is 2.88. The molecule has 3 rings (SSSR count). The van der Waals surface area contributed by atoms with Gasteiger partial charge in [-0.3, -0.25) is 0 Å². The molecule has 1 heterocycles. The van der Waals surface area contributed by atoms with Gasteiger partial charge in [-0.15, -0.1) is 10.2 Å². The van der Waals surface area contributed by atoms with Crippen molar-refractivity contribution < 1.29 is 8.78 Å². The number of hydrogen-bond acceptors (Lipinski definition) is 3. The highest BCUT2D eigenvalue weighted by Gasteiger charge is 2.60. The maximum absolute atomic E-state index is 13.5. The molecule has 19 heavy (non-hydrogen) atoms. The van der Waals surface area contributed by atoms with E-state index in [0.29, 0.717) is 11.5 Å². The highest BCUT2D eigenvalue weighted by atomic mass is 19.3. The van der Waals surface area contributed by atoms with E-state index in [1.165, 1.54) is 6.33 Å². The molecule has 0 saturated heterocycles. The molecule has 1 fully saturated rings. The first-order chi connectivity index (χ1) is 8.93. The molecule has 2 aromatic rings. The number of nitrogens with zero attached hydrogens (tertiary/aromatic N) is 3. The van der Waals surface area contributed by atoms with Gasteiger partial charge < -0.3 is 10.3 Å². The van der Waals surface area contributed by atoms with E-state index in [-0.39, 0.29) is 12.8 Å². The summed E-state index contributed by atoms with van der Waals surface area (Å²) in [6.07, 6.45) is 1.02. The van der Waals surface area contributed by atoms with Crippen LogP contribution in [0.1, 0.15) is 24.2 Å². The van der Waals surface area contributed by atoms with Crippen LogP contribution >= 0.6 is 0 Å². The van der Waals surface area contributed by atoms with Crippen LogP contribution in [0.5, 0.6) is 0 Å². The van der Waals surface area contributed by atoms with Gasteiger partial charge in [0.1, 0.15) is 12.2 Å². The Bertz CT molecular complexity index is 613. The molecule has 1 aliphatic carbocycles. The molecule has 0 unspecified atom stereocenters. The average molecular weight is 264 g/mol. The Balaban J connectivity index is 2.12. The van der Waals surface area contributed by atoms with Gasteiger partial charge in [-0.2, -0.15) is 0 Å². The molecule has 0 bridgehead atoms. The molecular formula is C13H14F2N4. The number of alkyl halides is 2. The summed E-state index contributed by atoms with van der Waals surface area (Å²) >= 11 is 0. The van der Waals surface area contributed by atoms with Gasteiger partial charge in [-0.05, 0) is 17.7 Å². The molecule has 0 aliphatic heterocycles. The third-order valence-corrected chi connectivity index (χ3v) is 3.70. The van der Waals surface area contributed by atoms with Crippen molar-refractivity contribution in [3.63, 3.8) is 0 Å². The third-order valence-electron chi connectivity index (χ3n) is 3.70. The number of nitrogen functional groups attached to an aromatic ring is 1. The van der Waals surface area contributed by atoms with E-state index in [1.807, 2.05) is 6.07 Å². The van der Waals surface area contributed by atoms with E-state index in [4.69, 9.17) is 5.73 Å². The highest BCUT2D eigenvalue weighted by Crippen LogP contribution is 2.56. The number of halogens is 2. The lowest BCUT2D eigenvalue weighted by Crippen LogP contribution is -2.51. The molecule has 1 saturated carbocycles. The van der Waals surface area contributed by atoms with Crippen molar-refractivity contribution in [2.75, 3.05) is 5.73 Å². The van der Waals surface area contributed by atoms with Crippen LogP contribution in [0.2, 0.25) is 0 Å². The number of aryl methyl sites for hydroxylation is 1. The first kappa shape index (κ1) is 12.1. The van der Waals surface area contributed by atoms with Crippen LogP contribution in [-0.2, 0) is 12.5 Å². The molecule has 4 nitrogen and oxygen atoms in total. The summed E-state index contributed by atoms with van der Waals surface area (Å²) in [5.74, 6) is -2.10. The summed E-state index contributed by atoms with van der Waals surface area (Å²) in [7, 11) is 1.76. The zero-order valence-electron chi connectivity index (χ0n) is 10.5. The molecular weight excluding hydrogens is 250 g/mol. The number of hydrogen-bond donors (Lipinski definition) is 1. The first-order valence-electron chi connectivity index (χ1n) is 6.01. The second kappa shape index (κ2) is 3.76. The van der Waals surface area contributed by atoms with Crippen LogP contribution < -0.4 is 5.73 Å². The van der Waals surface area contributed by atoms with E-state index in [0.717, 1.165) is 5.56 Å². The monoisotopic (exact) mass is 264 g/mol. The number of aromatic nitrogens is 3. The Morgan fingerprint density at radius 2 is 2.05 bits per heavy atom. The number of benzene rings is 1. The van der Waals surface area contributed by atoms with Crippen molar-refractivity contribution in [3.8, 4) is 0 Å². The molecule has 0 atom stereocenters. The Morgan fingerprint density at radius 3 is 2.58 bits per heavy atom. The lowest BCUT2D eigenvalue weighted by molar-refractivity contribution is -0.116. The molecule has 6 heteroatoms. The molecule has 100 valence electrons. The van der Waals surface area contributed by atoms with E-state index < -0.39 is 11.3 Å². The fraction of sp³-hybridized carbons (Fsp3) is 0.385. The van der Waals surface area contributed by atoms with Gasteiger partial charge in [0.2, 0.25) is 0 Å². The Kier molecular flexibility index (Phi) is 2.39. The molecule has 1 aromatic heterocycles. The summed E-state index contributed by atoms with van der Waals surface area (Å²) in [6.45, 7) is 0. The minimum absolute atomic E-state index is 0.254. The van der Waals surface area contributed by atoms with Crippen molar-refractivity contribution in [1.29, 1.82) is 0 Å². The molecule has 0 spiro atoms. The maximum Gasteiger partial charge on any atom is 0.250 e. The second-order valence-electron chi connectivity index (χ2n) is 5.18. The molecule has 0 radical (unpaired) electrons. The summed E-state index contributed by atoms with van der Waals surface area (Å²) < 4.78 is 28.6. The average Bonchev–Trinajstić information content (AvgIpc) is 2.72. The number of nitrogens with two attached hydrogens (primary N) is 1. The van der Waals surface area contributed by atoms with Crippen LogP contribution in [0, 0.1) is 0 Å². The van der Waals surface area contributed by atoms with Crippen LogP contribution in [0.15, 0.2) is 30.6 Å². The topological polar surface area (TPSA) is 56.7 Å². The molecule has 1 aromatic carbocycles. The van der Waals surface area contributed by atoms with E-state index in [1.54, 1.807) is 29.8 Å².